The number of hydrogen-bond donors (Lipinski definition) is 0. The number of rotatable bonds is 5. The van der Waals surface area contributed by atoms with Crippen molar-refractivity contribution in [1.82, 2.24) is 4.90 Å². The summed E-state index contributed by atoms with van der Waals surface area (Å²) in [5.41, 5.74) is 0. The Kier molecular flexibility index (Phi) is 4.86. The molecule has 1 saturated heterocycles. The van der Waals surface area contributed by atoms with Gasteiger partial charge in [0.1, 0.15) is 0 Å². The van der Waals surface area contributed by atoms with Gasteiger partial charge in [-0.3, -0.25) is 0 Å². The fraction of sp³-hybridized carbons (Fsp3) is 1.00. The Bertz CT molecular complexity index is 460. The first kappa shape index (κ1) is 21.1. The maximum absolute atomic E-state index is 13.5. The monoisotopic (exact) mass is 389 g/mol. The zero-order chi connectivity index (χ0) is 19.4. The zero-order valence-corrected chi connectivity index (χ0v) is 11.2. The molecule has 14 heteroatoms. The van der Waals surface area contributed by atoms with Gasteiger partial charge in [-0.25, -0.2) is 4.90 Å². The second-order valence-corrected chi connectivity index (χ2v) is 5.03. The van der Waals surface area contributed by atoms with E-state index in [-0.39, 0.29) is 12.8 Å². The quantitative estimate of drug-likeness (QED) is 0.484. The van der Waals surface area contributed by atoms with Crippen LogP contribution in [-0.4, -0.2) is 53.9 Å². The van der Waals surface area contributed by atoms with Crippen molar-refractivity contribution in [2.24, 2.45) is 0 Å². The average molecular weight is 389 g/mol. The van der Waals surface area contributed by atoms with Gasteiger partial charge in [0, 0.05) is 13.1 Å². The van der Waals surface area contributed by atoms with Crippen molar-refractivity contribution in [3.8, 4) is 0 Å². The van der Waals surface area contributed by atoms with Crippen molar-refractivity contribution in [3.63, 3.8) is 0 Å². The van der Waals surface area contributed by atoms with Crippen LogP contribution in [-0.2, 0) is 0 Å². The van der Waals surface area contributed by atoms with Crippen LogP contribution in [0.25, 0.3) is 0 Å². The lowest BCUT2D eigenvalue weighted by Gasteiger charge is -2.41. The summed E-state index contributed by atoms with van der Waals surface area (Å²) in [5, 5.41) is 0. The summed E-state index contributed by atoms with van der Waals surface area (Å²) in [6.45, 7) is -1.92. The minimum Gasteiger partial charge on any atom is -0.239 e. The topological polar surface area (TPSA) is 3.24 Å². The fourth-order valence-corrected chi connectivity index (χ4v) is 1.96. The molecule has 0 aliphatic carbocycles. The van der Waals surface area contributed by atoms with Crippen molar-refractivity contribution in [1.29, 1.82) is 0 Å². The molecule has 0 spiro atoms. The van der Waals surface area contributed by atoms with E-state index >= 15 is 0 Å². The van der Waals surface area contributed by atoms with Gasteiger partial charge in [-0.15, -0.1) is 0 Å². The highest BCUT2D eigenvalue weighted by Crippen LogP contribution is 2.60. The molecule has 1 rings (SSSR count). The van der Waals surface area contributed by atoms with E-state index in [4.69, 9.17) is 0 Å². The van der Waals surface area contributed by atoms with E-state index in [1.165, 1.54) is 0 Å². The molecule has 1 fully saturated rings. The lowest BCUT2D eigenvalue weighted by Crippen LogP contribution is -2.72. The number of hydrogen-bond acceptors (Lipinski definition) is 1. The van der Waals surface area contributed by atoms with Crippen LogP contribution in [0.2, 0.25) is 0 Å². The molecule has 0 radical (unpaired) electrons. The fourth-order valence-electron chi connectivity index (χ4n) is 1.96. The maximum atomic E-state index is 13.5. The van der Waals surface area contributed by atoms with E-state index < -0.39 is 53.9 Å². The highest BCUT2D eigenvalue weighted by Gasteiger charge is 2.91. The average Bonchev–Trinajstić information content (AvgIpc) is 2.90. The summed E-state index contributed by atoms with van der Waals surface area (Å²) in [4.78, 5) is -0.678. The molecule has 0 aromatic rings. The van der Waals surface area contributed by atoms with Crippen LogP contribution in [0.15, 0.2) is 0 Å². The van der Waals surface area contributed by atoms with Gasteiger partial charge in [0.05, 0.1) is 0 Å². The van der Waals surface area contributed by atoms with Gasteiger partial charge in [-0.2, -0.15) is 57.1 Å². The first-order valence-electron chi connectivity index (χ1n) is 6.06. The van der Waals surface area contributed by atoms with Crippen molar-refractivity contribution in [2.45, 2.75) is 48.8 Å². The second kappa shape index (κ2) is 5.53. The molecular weight excluding hydrogens is 381 g/mol. The first-order chi connectivity index (χ1) is 10.4. The van der Waals surface area contributed by atoms with E-state index in [2.05, 4.69) is 0 Å². The Morgan fingerprint density at radius 1 is 0.458 bits per heavy atom. The van der Waals surface area contributed by atoms with Crippen molar-refractivity contribution < 1.29 is 57.1 Å². The summed E-state index contributed by atoms with van der Waals surface area (Å²) in [6, 6.07) is -6.07. The molecule has 0 aromatic heterocycles. The Labute approximate surface area is 125 Å². The minimum absolute atomic E-state index is 0.216. The van der Waals surface area contributed by atoms with Gasteiger partial charge in [-0.1, -0.05) is 0 Å². The van der Waals surface area contributed by atoms with Gasteiger partial charge >= 0.3 is 35.9 Å². The predicted molar refractivity (Wildman–Crippen MR) is 51.6 cm³/mol. The van der Waals surface area contributed by atoms with Crippen LogP contribution in [0.1, 0.15) is 12.8 Å². The van der Waals surface area contributed by atoms with E-state index in [9.17, 15) is 57.1 Å². The molecule has 0 atom stereocenters. The lowest BCUT2D eigenvalue weighted by molar-refractivity contribution is -0.450. The molecule has 144 valence electrons. The normalized spacial score (nSPS) is 19.9. The SMILES string of the molecule is FC(F)(F)C(F)(F)C(F)(F)C(F)(F)C(F)(F)C(F)(F)N1CCCC1. The standard InChI is InChI=1S/C10H8F13N/c11-5(12,7(15,16)9(19,20)21)6(13,14)8(17,18)10(22,23)24-3-1-2-4-24/h1-4H2. The van der Waals surface area contributed by atoms with Crippen LogP contribution >= 0.6 is 0 Å². The van der Waals surface area contributed by atoms with E-state index in [0.29, 0.717) is 0 Å². The molecule has 1 aliphatic heterocycles. The molecule has 0 saturated carbocycles. The summed E-state index contributed by atoms with van der Waals surface area (Å²) in [6.07, 6.45) is -7.81. The summed E-state index contributed by atoms with van der Waals surface area (Å²) in [7, 11) is 0. The predicted octanol–water partition coefficient (Wildman–Crippen LogP) is 4.78. The van der Waals surface area contributed by atoms with Gasteiger partial charge in [0.25, 0.3) is 0 Å². The maximum Gasteiger partial charge on any atom is 0.460 e. The molecule has 1 heterocycles. The largest absolute Gasteiger partial charge is 0.460 e. The molecule has 24 heavy (non-hydrogen) atoms. The molecule has 0 N–H and O–H groups in total. The number of alkyl halides is 13. The third-order valence-electron chi connectivity index (χ3n) is 3.42. The number of nitrogens with zero attached hydrogens (tertiary/aromatic N) is 1. The highest BCUT2D eigenvalue weighted by molar-refractivity contribution is 5.10. The summed E-state index contributed by atoms with van der Waals surface area (Å²) >= 11 is 0. The molecule has 0 aromatic carbocycles. The van der Waals surface area contributed by atoms with Crippen molar-refractivity contribution >= 4 is 0 Å². The highest BCUT2D eigenvalue weighted by atomic mass is 19.4. The second-order valence-electron chi connectivity index (χ2n) is 5.03. The first-order valence-corrected chi connectivity index (χ1v) is 6.06. The van der Waals surface area contributed by atoms with Crippen LogP contribution in [0, 0.1) is 0 Å². The minimum atomic E-state index is -7.83. The van der Waals surface area contributed by atoms with Crippen LogP contribution < -0.4 is 0 Å². The Morgan fingerprint density at radius 3 is 1.12 bits per heavy atom. The third-order valence-corrected chi connectivity index (χ3v) is 3.42. The number of likely N-dealkylation sites (tertiary alicyclic amines) is 1. The van der Waals surface area contributed by atoms with Crippen molar-refractivity contribution in [2.75, 3.05) is 13.1 Å². The summed E-state index contributed by atoms with van der Waals surface area (Å²) in [5.74, 6) is -30.4. The Hall–Kier alpha value is -0.950. The van der Waals surface area contributed by atoms with Gasteiger partial charge in [0.2, 0.25) is 0 Å². The van der Waals surface area contributed by atoms with Crippen LogP contribution in [0.5, 0.6) is 0 Å². The van der Waals surface area contributed by atoms with Gasteiger partial charge in [-0.05, 0) is 12.8 Å². The van der Waals surface area contributed by atoms with E-state index in [0.717, 1.165) is 0 Å². The van der Waals surface area contributed by atoms with Gasteiger partial charge < -0.3 is 0 Å². The van der Waals surface area contributed by atoms with Gasteiger partial charge in [0.15, 0.2) is 0 Å². The molecule has 0 bridgehead atoms. The smallest absolute Gasteiger partial charge is 0.239 e. The van der Waals surface area contributed by atoms with E-state index in [1.54, 1.807) is 0 Å². The summed E-state index contributed by atoms with van der Waals surface area (Å²) < 4.78 is 166. The number of halogens is 13. The molecule has 1 aliphatic rings. The zero-order valence-electron chi connectivity index (χ0n) is 11.2. The molecule has 0 amide bonds. The lowest BCUT2D eigenvalue weighted by atomic mass is 9.96. The van der Waals surface area contributed by atoms with Crippen LogP contribution in [0.4, 0.5) is 57.1 Å². The molecule has 1 nitrogen and oxygen atoms in total. The Morgan fingerprint density at radius 2 is 0.792 bits per heavy atom. The van der Waals surface area contributed by atoms with E-state index in [1.807, 2.05) is 0 Å². The molecule has 0 unspecified atom stereocenters. The molecular formula is C10H8F13N. The van der Waals surface area contributed by atoms with Crippen LogP contribution in [0.3, 0.4) is 0 Å². The Balaban J connectivity index is 3.39. The van der Waals surface area contributed by atoms with Crippen molar-refractivity contribution in [3.05, 3.63) is 0 Å². The third kappa shape index (κ3) is 2.60.